The van der Waals surface area contributed by atoms with Gasteiger partial charge >= 0.3 is 12.1 Å². The van der Waals surface area contributed by atoms with Gasteiger partial charge in [-0.1, -0.05) is 56.4 Å². The summed E-state index contributed by atoms with van der Waals surface area (Å²) in [6.07, 6.45) is 3.46. The highest BCUT2D eigenvalue weighted by Gasteiger charge is 2.37. The number of benzene rings is 1. The third kappa shape index (κ3) is 14.4. The van der Waals surface area contributed by atoms with Crippen molar-refractivity contribution in [1.29, 1.82) is 0 Å². The van der Waals surface area contributed by atoms with E-state index in [4.69, 9.17) is 15.2 Å². The molecule has 0 radical (unpaired) electrons. The van der Waals surface area contributed by atoms with Gasteiger partial charge in [-0.05, 0) is 65.5 Å². The minimum atomic E-state index is -1.17. The highest BCUT2D eigenvalue weighted by molar-refractivity contribution is 5.92. The monoisotopic (exact) mass is 604 g/mol. The Morgan fingerprint density at radius 3 is 2.26 bits per heavy atom. The van der Waals surface area contributed by atoms with Crippen molar-refractivity contribution in [1.82, 2.24) is 15.5 Å². The second-order valence-electron chi connectivity index (χ2n) is 11.8. The lowest BCUT2D eigenvalue weighted by Crippen LogP contribution is -2.53. The molecule has 0 aliphatic carbocycles. The maximum atomic E-state index is 14.3. The van der Waals surface area contributed by atoms with Crippen LogP contribution < -0.4 is 16.4 Å². The number of nitrogens with zero attached hydrogens (tertiary/aromatic N) is 1. The van der Waals surface area contributed by atoms with E-state index in [1.54, 1.807) is 27.7 Å². The Hall–Kier alpha value is -3.63. The van der Waals surface area contributed by atoms with Gasteiger partial charge in [0, 0.05) is 19.5 Å². The van der Waals surface area contributed by atoms with E-state index in [9.17, 15) is 24.0 Å². The Kier molecular flexibility index (Phi) is 16.4. The van der Waals surface area contributed by atoms with Crippen LogP contribution in [-0.4, -0.2) is 66.0 Å². The Bertz CT molecular complexity index is 1080. The fourth-order valence-corrected chi connectivity index (χ4v) is 4.57. The summed E-state index contributed by atoms with van der Waals surface area (Å²) in [5.41, 5.74) is 6.91. The Morgan fingerprint density at radius 2 is 1.65 bits per heavy atom. The van der Waals surface area contributed by atoms with E-state index in [2.05, 4.69) is 17.6 Å². The lowest BCUT2D eigenvalue weighted by Gasteiger charge is -2.35. The molecule has 0 heterocycles. The second-order valence-corrected chi connectivity index (χ2v) is 11.8. The van der Waals surface area contributed by atoms with Gasteiger partial charge < -0.3 is 30.7 Å². The summed E-state index contributed by atoms with van der Waals surface area (Å²) in [6, 6.07) is 3.44. The summed E-state index contributed by atoms with van der Waals surface area (Å²) in [5, 5.41) is 5.41. The summed E-state index contributed by atoms with van der Waals surface area (Å²) in [5.74, 6) is -2.07. The maximum Gasteiger partial charge on any atom is 0.408 e. The molecular formula is C32H52N4O7. The molecule has 11 heteroatoms. The Labute approximate surface area is 256 Å². The topological polar surface area (TPSA) is 157 Å². The second kappa shape index (κ2) is 18.8. The maximum absolute atomic E-state index is 14.3. The van der Waals surface area contributed by atoms with Gasteiger partial charge in [-0.15, -0.1) is 0 Å². The van der Waals surface area contributed by atoms with E-state index in [1.165, 1.54) is 4.90 Å². The summed E-state index contributed by atoms with van der Waals surface area (Å²) in [6.45, 7) is 13.2. The fourth-order valence-electron chi connectivity index (χ4n) is 4.57. The van der Waals surface area contributed by atoms with Crippen molar-refractivity contribution < 1.29 is 33.4 Å². The van der Waals surface area contributed by atoms with E-state index in [0.29, 0.717) is 12.0 Å². The van der Waals surface area contributed by atoms with Crippen LogP contribution in [0.15, 0.2) is 18.2 Å². The lowest BCUT2D eigenvalue weighted by molar-refractivity contribution is -0.144. The van der Waals surface area contributed by atoms with Crippen molar-refractivity contribution >= 4 is 29.8 Å². The standard InChI is InChI=1S/C32H52N4O7/c1-8-10-11-12-13-20-36(30(40)25(16-17-26(33)37)35-31(41)43-32(5,6)7)28(24-21-22(3)14-15-23(24)4)29(39)34-19-18-27(38)42-9-2/h14-15,21,25,28H,8-13,16-20H2,1-7H3,(H2,33,37)(H,34,39)(H,35,41). The molecule has 4 amide bonds. The molecule has 0 fully saturated rings. The summed E-state index contributed by atoms with van der Waals surface area (Å²) in [7, 11) is 0. The SMILES string of the molecule is CCCCCCCN(C(=O)C(CCC(N)=O)NC(=O)OC(C)(C)C)C(C(=O)NCCC(=O)OCC)c1cc(C)ccc1C. The molecule has 0 bridgehead atoms. The Morgan fingerprint density at radius 1 is 0.977 bits per heavy atom. The van der Waals surface area contributed by atoms with E-state index in [0.717, 1.165) is 36.8 Å². The van der Waals surface area contributed by atoms with Crippen molar-refractivity contribution in [2.75, 3.05) is 19.7 Å². The molecule has 1 aromatic rings. The van der Waals surface area contributed by atoms with Crippen LogP contribution in [0, 0.1) is 13.8 Å². The molecule has 0 spiro atoms. The molecule has 43 heavy (non-hydrogen) atoms. The first-order valence-corrected chi connectivity index (χ1v) is 15.3. The highest BCUT2D eigenvalue weighted by atomic mass is 16.6. The molecule has 2 unspecified atom stereocenters. The van der Waals surface area contributed by atoms with Crippen LogP contribution in [0.4, 0.5) is 4.79 Å². The average molecular weight is 605 g/mol. The van der Waals surface area contributed by atoms with Gasteiger partial charge in [0.1, 0.15) is 17.7 Å². The number of ether oxygens (including phenoxy) is 2. The minimum absolute atomic E-state index is 0.0223. The van der Waals surface area contributed by atoms with Gasteiger partial charge in [-0.25, -0.2) is 4.79 Å². The number of carbonyl (C=O) groups is 5. The molecule has 0 saturated carbocycles. The van der Waals surface area contributed by atoms with Crippen LogP contribution in [-0.2, 0) is 28.7 Å². The van der Waals surface area contributed by atoms with Gasteiger partial charge in [0.25, 0.3) is 0 Å². The normalized spacial score (nSPS) is 12.5. The molecule has 0 aliphatic rings. The zero-order valence-corrected chi connectivity index (χ0v) is 27.0. The minimum Gasteiger partial charge on any atom is -0.466 e. The van der Waals surface area contributed by atoms with Crippen LogP contribution >= 0.6 is 0 Å². The van der Waals surface area contributed by atoms with Gasteiger partial charge in [0.05, 0.1) is 13.0 Å². The summed E-state index contributed by atoms with van der Waals surface area (Å²) < 4.78 is 10.4. The van der Waals surface area contributed by atoms with Crippen LogP contribution in [0.1, 0.15) is 109 Å². The lowest BCUT2D eigenvalue weighted by atomic mass is 9.95. The Balaban J connectivity index is 3.55. The van der Waals surface area contributed by atoms with Gasteiger partial charge in [0.2, 0.25) is 17.7 Å². The molecule has 242 valence electrons. The number of unbranched alkanes of at least 4 members (excludes halogenated alkanes) is 4. The predicted octanol–water partition coefficient (Wildman–Crippen LogP) is 4.37. The summed E-state index contributed by atoms with van der Waals surface area (Å²) in [4.78, 5) is 66.0. The number of rotatable bonds is 18. The number of aryl methyl sites for hydroxylation is 2. The smallest absolute Gasteiger partial charge is 0.408 e. The van der Waals surface area contributed by atoms with E-state index >= 15 is 0 Å². The zero-order chi connectivity index (χ0) is 32.6. The van der Waals surface area contributed by atoms with Crippen LogP contribution in [0.25, 0.3) is 0 Å². The fraction of sp³-hybridized carbons (Fsp3) is 0.656. The van der Waals surface area contributed by atoms with E-state index < -0.39 is 47.5 Å². The van der Waals surface area contributed by atoms with Crippen LogP contribution in [0.2, 0.25) is 0 Å². The third-order valence-corrected chi connectivity index (χ3v) is 6.68. The number of nitrogens with two attached hydrogens (primary N) is 1. The number of primary amides is 1. The first kappa shape index (κ1) is 37.4. The van der Waals surface area contributed by atoms with Gasteiger partial charge in [-0.3, -0.25) is 19.2 Å². The third-order valence-electron chi connectivity index (χ3n) is 6.68. The van der Waals surface area contributed by atoms with Crippen molar-refractivity contribution in [3.8, 4) is 0 Å². The average Bonchev–Trinajstić information content (AvgIpc) is 2.90. The summed E-state index contributed by atoms with van der Waals surface area (Å²) >= 11 is 0. The largest absolute Gasteiger partial charge is 0.466 e. The van der Waals surface area contributed by atoms with E-state index in [-0.39, 0.29) is 39.0 Å². The number of carbonyl (C=O) groups excluding carboxylic acids is 5. The van der Waals surface area contributed by atoms with Crippen molar-refractivity contribution in [3.05, 3.63) is 34.9 Å². The number of hydrogen-bond donors (Lipinski definition) is 3. The number of amides is 4. The van der Waals surface area contributed by atoms with E-state index in [1.807, 2.05) is 32.0 Å². The van der Waals surface area contributed by atoms with Crippen molar-refractivity contribution in [3.63, 3.8) is 0 Å². The molecule has 1 aromatic carbocycles. The first-order valence-electron chi connectivity index (χ1n) is 15.3. The molecule has 0 aliphatic heterocycles. The molecule has 11 nitrogen and oxygen atoms in total. The molecule has 1 rings (SSSR count). The molecule has 2 atom stereocenters. The highest BCUT2D eigenvalue weighted by Crippen LogP contribution is 2.28. The molecule has 0 saturated heterocycles. The predicted molar refractivity (Wildman–Crippen MR) is 165 cm³/mol. The van der Waals surface area contributed by atoms with Gasteiger partial charge in [0.15, 0.2) is 0 Å². The number of nitrogens with one attached hydrogen (secondary N) is 2. The number of alkyl carbamates (subject to hydrolysis) is 1. The molecular weight excluding hydrogens is 552 g/mol. The molecule has 4 N–H and O–H groups in total. The van der Waals surface area contributed by atoms with Gasteiger partial charge in [-0.2, -0.15) is 0 Å². The van der Waals surface area contributed by atoms with Crippen LogP contribution in [0.5, 0.6) is 0 Å². The first-order chi connectivity index (χ1) is 20.2. The van der Waals surface area contributed by atoms with Crippen molar-refractivity contribution in [2.24, 2.45) is 5.73 Å². The van der Waals surface area contributed by atoms with Crippen molar-refractivity contribution in [2.45, 2.75) is 118 Å². The van der Waals surface area contributed by atoms with Crippen LogP contribution in [0.3, 0.4) is 0 Å². The zero-order valence-electron chi connectivity index (χ0n) is 27.0. The molecule has 0 aromatic heterocycles. The number of hydrogen-bond acceptors (Lipinski definition) is 7. The number of esters is 1. The quantitative estimate of drug-likeness (QED) is 0.166.